The highest BCUT2D eigenvalue weighted by Crippen LogP contribution is 2.28. The Balaban J connectivity index is 2.85. The molecule has 0 unspecified atom stereocenters. The van der Waals surface area contributed by atoms with E-state index in [4.69, 9.17) is 5.26 Å². The normalized spacial score (nSPS) is 9.86. The third-order valence-corrected chi connectivity index (χ3v) is 1.52. The minimum absolute atomic E-state index is 0.114. The first-order valence-corrected chi connectivity index (χ1v) is 3.77. The van der Waals surface area contributed by atoms with Crippen molar-refractivity contribution < 1.29 is 18.6 Å². The fourth-order valence-corrected chi connectivity index (χ4v) is 0.960. The smallest absolute Gasteiger partial charge is 0.387 e. The van der Waals surface area contributed by atoms with Crippen molar-refractivity contribution in [1.82, 2.24) is 0 Å². The van der Waals surface area contributed by atoms with E-state index in [2.05, 4.69) is 4.74 Å². The first kappa shape index (κ1) is 10.3. The quantitative estimate of drug-likeness (QED) is 0.810. The Morgan fingerprint density at radius 3 is 2.71 bits per heavy atom. The summed E-state index contributed by atoms with van der Waals surface area (Å²) >= 11 is 0. The lowest BCUT2D eigenvalue weighted by molar-refractivity contribution is -0.0512. The van der Waals surface area contributed by atoms with Crippen LogP contribution in [0.4, 0.5) is 8.78 Å². The van der Waals surface area contributed by atoms with Crippen LogP contribution in [0.25, 0.3) is 0 Å². The minimum atomic E-state index is -2.97. The molecule has 1 aromatic carbocycles. The Hall–Kier alpha value is -1.83. The number of nitriles is 1. The number of hydrogen-bond acceptors (Lipinski definition) is 3. The Morgan fingerprint density at radius 1 is 1.50 bits per heavy atom. The number of aromatic hydroxyl groups is 1. The summed E-state index contributed by atoms with van der Waals surface area (Å²) in [6.07, 6.45) is 0.114. The first-order chi connectivity index (χ1) is 6.63. The maximum atomic E-state index is 11.8. The molecule has 0 saturated heterocycles. The van der Waals surface area contributed by atoms with Gasteiger partial charge in [-0.3, -0.25) is 0 Å². The highest BCUT2D eigenvalue weighted by atomic mass is 19.3. The first-order valence-electron chi connectivity index (χ1n) is 3.77. The molecule has 0 aliphatic rings. The predicted octanol–water partition coefficient (Wildman–Crippen LogP) is 2.06. The Bertz CT molecular complexity index is 360. The molecule has 0 aliphatic carbocycles. The number of rotatable bonds is 3. The number of phenolic OH excluding ortho intramolecular Hbond substituents is 1. The molecule has 1 N–H and O–H groups in total. The van der Waals surface area contributed by atoms with Crippen molar-refractivity contribution in [1.29, 1.82) is 5.26 Å². The van der Waals surface area contributed by atoms with E-state index < -0.39 is 12.4 Å². The van der Waals surface area contributed by atoms with Gasteiger partial charge in [-0.25, -0.2) is 0 Å². The van der Waals surface area contributed by atoms with Gasteiger partial charge in [-0.2, -0.15) is 14.0 Å². The molecule has 0 saturated carbocycles. The molecule has 0 aliphatic heterocycles. The number of hydrogen-bond donors (Lipinski definition) is 1. The van der Waals surface area contributed by atoms with E-state index >= 15 is 0 Å². The molecular formula is C9H7F2NO2. The van der Waals surface area contributed by atoms with Gasteiger partial charge in [-0.1, -0.05) is 6.07 Å². The molecule has 0 heterocycles. The summed E-state index contributed by atoms with van der Waals surface area (Å²) in [7, 11) is 0. The number of benzene rings is 1. The van der Waals surface area contributed by atoms with Gasteiger partial charge in [-0.05, 0) is 17.7 Å². The van der Waals surface area contributed by atoms with Gasteiger partial charge in [0.15, 0.2) is 11.5 Å². The number of alkyl halides is 2. The molecule has 0 aromatic heterocycles. The zero-order chi connectivity index (χ0) is 10.6. The molecule has 3 nitrogen and oxygen atoms in total. The van der Waals surface area contributed by atoms with Gasteiger partial charge in [0.25, 0.3) is 0 Å². The third-order valence-electron chi connectivity index (χ3n) is 1.52. The van der Waals surface area contributed by atoms with E-state index in [1.54, 1.807) is 0 Å². The monoisotopic (exact) mass is 199 g/mol. The van der Waals surface area contributed by atoms with Crippen LogP contribution < -0.4 is 4.74 Å². The SMILES string of the molecule is N#CCc1ccc(OC(F)F)c(O)c1. The summed E-state index contributed by atoms with van der Waals surface area (Å²) in [4.78, 5) is 0. The molecule has 0 atom stereocenters. The number of halogens is 2. The molecule has 14 heavy (non-hydrogen) atoms. The minimum Gasteiger partial charge on any atom is -0.504 e. The van der Waals surface area contributed by atoms with E-state index in [0.717, 1.165) is 0 Å². The second kappa shape index (κ2) is 4.42. The Labute approximate surface area is 79.2 Å². The van der Waals surface area contributed by atoms with E-state index in [9.17, 15) is 13.9 Å². The van der Waals surface area contributed by atoms with Gasteiger partial charge in [0, 0.05) is 0 Å². The lowest BCUT2D eigenvalue weighted by Crippen LogP contribution is -2.02. The van der Waals surface area contributed by atoms with Crippen molar-refractivity contribution in [3.63, 3.8) is 0 Å². The second-order valence-corrected chi connectivity index (χ2v) is 2.52. The summed E-state index contributed by atoms with van der Waals surface area (Å²) in [5, 5.41) is 17.5. The molecule has 1 aromatic rings. The number of nitrogens with zero attached hydrogens (tertiary/aromatic N) is 1. The van der Waals surface area contributed by atoms with Crippen molar-refractivity contribution in [3.8, 4) is 17.6 Å². The van der Waals surface area contributed by atoms with Crippen LogP contribution in [-0.4, -0.2) is 11.7 Å². The van der Waals surface area contributed by atoms with E-state index in [1.807, 2.05) is 6.07 Å². The van der Waals surface area contributed by atoms with Crippen LogP contribution in [0.5, 0.6) is 11.5 Å². The van der Waals surface area contributed by atoms with Gasteiger partial charge in [0.2, 0.25) is 0 Å². The molecule has 0 radical (unpaired) electrons. The van der Waals surface area contributed by atoms with Crippen LogP contribution in [0.1, 0.15) is 5.56 Å². The van der Waals surface area contributed by atoms with Crippen LogP contribution in [0.15, 0.2) is 18.2 Å². The maximum Gasteiger partial charge on any atom is 0.387 e. The zero-order valence-corrected chi connectivity index (χ0v) is 7.08. The van der Waals surface area contributed by atoms with Crippen molar-refractivity contribution in [3.05, 3.63) is 23.8 Å². The van der Waals surface area contributed by atoms with Gasteiger partial charge in [0.05, 0.1) is 12.5 Å². The fraction of sp³-hybridized carbons (Fsp3) is 0.222. The van der Waals surface area contributed by atoms with Crippen LogP contribution in [0, 0.1) is 11.3 Å². The van der Waals surface area contributed by atoms with Gasteiger partial charge in [-0.15, -0.1) is 0 Å². The third kappa shape index (κ3) is 2.59. The summed E-state index contributed by atoms with van der Waals surface area (Å²) in [6.45, 7) is -2.97. The van der Waals surface area contributed by atoms with E-state index in [1.165, 1.54) is 18.2 Å². The van der Waals surface area contributed by atoms with Crippen LogP contribution in [0.2, 0.25) is 0 Å². The molecule has 0 fully saturated rings. The van der Waals surface area contributed by atoms with Gasteiger partial charge in [0.1, 0.15) is 0 Å². The van der Waals surface area contributed by atoms with Crippen LogP contribution >= 0.6 is 0 Å². The van der Waals surface area contributed by atoms with E-state index in [-0.39, 0.29) is 12.2 Å². The summed E-state index contributed by atoms with van der Waals surface area (Å²) < 4.78 is 27.5. The van der Waals surface area contributed by atoms with Crippen molar-refractivity contribution in [2.45, 2.75) is 13.0 Å². The van der Waals surface area contributed by atoms with E-state index in [0.29, 0.717) is 5.56 Å². The maximum absolute atomic E-state index is 11.8. The van der Waals surface area contributed by atoms with Gasteiger partial charge >= 0.3 is 6.61 Å². The van der Waals surface area contributed by atoms with Crippen LogP contribution in [0.3, 0.4) is 0 Å². The Morgan fingerprint density at radius 2 is 2.21 bits per heavy atom. The number of ether oxygens (including phenoxy) is 1. The topological polar surface area (TPSA) is 53.2 Å². The summed E-state index contributed by atoms with van der Waals surface area (Å²) in [5.74, 6) is -0.681. The molecule has 1 rings (SSSR count). The summed E-state index contributed by atoms with van der Waals surface area (Å²) in [5.41, 5.74) is 0.548. The summed E-state index contributed by atoms with van der Waals surface area (Å²) in [6, 6.07) is 5.74. The average molecular weight is 199 g/mol. The van der Waals surface area contributed by atoms with Crippen LogP contribution in [-0.2, 0) is 6.42 Å². The standard InChI is InChI=1S/C9H7F2NO2/c10-9(11)14-8-2-1-6(3-4-12)5-7(8)13/h1-2,5,9,13H,3H2. The highest BCUT2D eigenvalue weighted by Gasteiger charge is 2.09. The molecular weight excluding hydrogens is 192 g/mol. The van der Waals surface area contributed by atoms with Crippen molar-refractivity contribution in [2.24, 2.45) is 0 Å². The second-order valence-electron chi connectivity index (χ2n) is 2.52. The lowest BCUT2D eigenvalue weighted by Gasteiger charge is -2.06. The Kier molecular flexibility index (Phi) is 3.24. The molecule has 74 valence electrons. The van der Waals surface area contributed by atoms with Crippen molar-refractivity contribution in [2.75, 3.05) is 0 Å². The number of phenols is 1. The van der Waals surface area contributed by atoms with Gasteiger partial charge < -0.3 is 9.84 Å². The fourth-order valence-electron chi connectivity index (χ4n) is 0.960. The molecule has 5 heteroatoms. The van der Waals surface area contributed by atoms with Crippen molar-refractivity contribution >= 4 is 0 Å². The lowest BCUT2D eigenvalue weighted by atomic mass is 10.1. The predicted molar refractivity (Wildman–Crippen MR) is 44.1 cm³/mol. The largest absolute Gasteiger partial charge is 0.504 e. The molecule has 0 bridgehead atoms. The molecule has 0 spiro atoms. The zero-order valence-electron chi connectivity index (χ0n) is 7.08. The highest BCUT2D eigenvalue weighted by molar-refractivity contribution is 5.42. The average Bonchev–Trinajstić information content (AvgIpc) is 2.10. The molecule has 0 amide bonds.